The number of hydrogen-bond donors (Lipinski definition) is 1. The summed E-state index contributed by atoms with van der Waals surface area (Å²) in [6, 6.07) is 12.5. The maximum Gasteiger partial charge on any atom is 0.262 e. The Hall–Kier alpha value is -2.64. The van der Waals surface area contributed by atoms with Crippen molar-refractivity contribution in [3.63, 3.8) is 0 Å². The largest absolute Gasteiger partial charge is 0.347 e. The Bertz CT molecular complexity index is 705. The summed E-state index contributed by atoms with van der Waals surface area (Å²) in [6.45, 7) is 0.314. The van der Waals surface area contributed by atoms with Crippen molar-refractivity contribution in [3.8, 4) is 6.07 Å². The van der Waals surface area contributed by atoms with Crippen molar-refractivity contribution in [2.24, 2.45) is 0 Å². The summed E-state index contributed by atoms with van der Waals surface area (Å²) in [5.74, 6) is -0.443. The van der Waals surface area contributed by atoms with Crippen LogP contribution >= 0.6 is 11.6 Å². The molecule has 4 nitrogen and oxygen atoms in total. The molecule has 1 amide bonds. The number of nitriles is 1. The molecule has 0 aliphatic heterocycles. The molecule has 0 spiro atoms. The lowest BCUT2D eigenvalue weighted by Crippen LogP contribution is -2.24. The number of aromatic nitrogens is 1. The fraction of sp³-hybridized carbons (Fsp3) is 0.0625. The van der Waals surface area contributed by atoms with E-state index in [9.17, 15) is 4.79 Å². The number of hydrogen-bond acceptors (Lipinski definition) is 3. The zero-order valence-corrected chi connectivity index (χ0v) is 11.8. The topological polar surface area (TPSA) is 65.8 Å². The fourth-order valence-electron chi connectivity index (χ4n) is 1.68. The third kappa shape index (κ3) is 4.16. The summed E-state index contributed by atoms with van der Waals surface area (Å²) < 4.78 is 0. The van der Waals surface area contributed by atoms with Crippen molar-refractivity contribution in [3.05, 3.63) is 70.5 Å². The average Bonchev–Trinajstić information content (AvgIpc) is 2.53. The van der Waals surface area contributed by atoms with Crippen LogP contribution in [-0.4, -0.2) is 10.9 Å². The molecule has 0 fully saturated rings. The molecule has 21 heavy (non-hydrogen) atoms. The molecule has 1 heterocycles. The van der Waals surface area contributed by atoms with E-state index in [4.69, 9.17) is 16.9 Å². The zero-order valence-electron chi connectivity index (χ0n) is 11.1. The molecule has 2 rings (SSSR count). The van der Waals surface area contributed by atoms with E-state index < -0.39 is 5.91 Å². The van der Waals surface area contributed by atoms with E-state index >= 15 is 0 Å². The molecular formula is C16H12ClN3O. The van der Waals surface area contributed by atoms with Gasteiger partial charge in [0.25, 0.3) is 5.91 Å². The van der Waals surface area contributed by atoms with E-state index in [1.807, 2.05) is 12.1 Å². The van der Waals surface area contributed by atoms with Crippen LogP contribution < -0.4 is 5.32 Å². The Morgan fingerprint density at radius 1 is 1.33 bits per heavy atom. The Balaban J connectivity index is 2.09. The number of carbonyl (C=O) groups excluding carboxylic acids is 1. The van der Waals surface area contributed by atoms with Crippen LogP contribution in [0.1, 0.15) is 11.1 Å². The second-order valence-electron chi connectivity index (χ2n) is 4.24. The van der Waals surface area contributed by atoms with Gasteiger partial charge in [-0.05, 0) is 29.3 Å². The van der Waals surface area contributed by atoms with Gasteiger partial charge in [0.05, 0.1) is 0 Å². The predicted molar refractivity (Wildman–Crippen MR) is 81.1 cm³/mol. The number of nitrogens with one attached hydrogen (secondary N) is 1. The van der Waals surface area contributed by atoms with Crippen LogP contribution in [0.2, 0.25) is 5.02 Å². The molecule has 2 aromatic rings. The highest BCUT2D eigenvalue weighted by atomic mass is 35.5. The minimum absolute atomic E-state index is 0.00647. The highest BCUT2D eigenvalue weighted by Gasteiger charge is 2.09. The number of nitrogens with zero attached hydrogens (tertiary/aromatic N) is 2. The number of rotatable bonds is 4. The van der Waals surface area contributed by atoms with Gasteiger partial charge < -0.3 is 5.32 Å². The third-order valence-electron chi connectivity index (χ3n) is 2.75. The molecule has 1 aromatic carbocycles. The Labute approximate surface area is 127 Å². The fourth-order valence-corrected chi connectivity index (χ4v) is 1.87. The Morgan fingerprint density at radius 3 is 2.81 bits per heavy atom. The van der Waals surface area contributed by atoms with E-state index in [1.54, 1.807) is 42.7 Å². The highest BCUT2D eigenvalue weighted by Crippen LogP contribution is 2.18. The number of carbonyl (C=O) groups is 1. The van der Waals surface area contributed by atoms with Crippen LogP contribution in [0.25, 0.3) is 6.08 Å². The smallest absolute Gasteiger partial charge is 0.262 e. The highest BCUT2D eigenvalue weighted by molar-refractivity contribution is 6.32. The van der Waals surface area contributed by atoms with Gasteiger partial charge in [-0.1, -0.05) is 35.9 Å². The SMILES string of the molecule is N#C/C(=C\c1ccccc1Cl)C(=O)NCc1cccnc1. The first kappa shape index (κ1) is 14.8. The van der Waals surface area contributed by atoms with Crippen molar-refractivity contribution in [1.29, 1.82) is 5.26 Å². The Kier molecular flexibility index (Phi) is 5.08. The van der Waals surface area contributed by atoms with Crippen LogP contribution in [-0.2, 0) is 11.3 Å². The van der Waals surface area contributed by atoms with Crippen LogP contribution in [0.3, 0.4) is 0 Å². The predicted octanol–water partition coefficient (Wildman–Crippen LogP) is 2.96. The van der Waals surface area contributed by atoms with Gasteiger partial charge in [-0.15, -0.1) is 0 Å². The number of amides is 1. The molecule has 0 saturated heterocycles. The van der Waals surface area contributed by atoms with Crippen molar-refractivity contribution < 1.29 is 4.79 Å². The van der Waals surface area contributed by atoms with Crippen LogP contribution in [0.4, 0.5) is 0 Å². The van der Waals surface area contributed by atoms with Gasteiger partial charge in [0.1, 0.15) is 11.6 Å². The molecule has 0 aliphatic rings. The zero-order chi connectivity index (χ0) is 15.1. The van der Waals surface area contributed by atoms with Crippen LogP contribution in [0, 0.1) is 11.3 Å². The lowest BCUT2D eigenvalue weighted by Gasteiger charge is -2.04. The van der Waals surface area contributed by atoms with Crippen molar-refractivity contribution in [2.75, 3.05) is 0 Å². The number of halogens is 1. The molecule has 104 valence electrons. The number of benzene rings is 1. The summed E-state index contributed by atoms with van der Waals surface area (Å²) >= 11 is 6.01. The van der Waals surface area contributed by atoms with Gasteiger partial charge >= 0.3 is 0 Å². The molecule has 0 radical (unpaired) electrons. The van der Waals surface area contributed by atoms with Crippen molar-refractivity contribution >= 4 is 23.6 Å². The molecule has 0 bridgehead atoms. The van der Waals surface area contributed by atoms with E-state index in [1.165, 1.54) is 6.08 Å². The second-order valence-corrected chi connectivity index (χ2v) is 4.64. The van der Waals surface area contributed by atoms with Gasteiger partial charge in [0.15, 0.2) is 0 Å². The van der Waals surface area contributed by atoms with Gasteiger partial charge in [-0.25, -0.2) is 0 Å². The first-order valence-electron chi connectivity index (χ1n) is 6.24. The van der Waals surface area contributed by atoms with Gasteiger partial charge in [0.2, 0.25) is 0 Å². The molecular weight excluding hydrogens is 286 g/mol. The molecule has 1 aromatic heterocycles. The average molecular weight is 298 g/mol. The minimum Gasteiger partial charge on any atom is -0.347 e. The third-order valence-corrected chi connectivity index (χ3v) is 3.09. The summed E-state index contributed by atoms with van der Waals surface area (Å²) in [6.07, 6.45) is 4.79. The lowest BCUT2D eigenvalue weighted by molar-refractivity contribution is -0.117. The molecule has 0 atom stereocenters. The van der Waals surface area contributed by atoms with E-state index in [2.05, 4.69) is 10.3 Å². The molecule has 0 unspecified atom stereocenters. The normalized spacial score (nSPS) is 10.8. The standard InChI is InChI=1S/C16H12ClN3O/c17-15-6-2-1-5-13(15)8-14(9-18)16(21)20-11-12-4-3-7-19-10-12/h1-8,10H,11H2,(H,20,21)/b14-8+. The van der Waals surface area contributed by atoms with Crippen LogP contribution in [0.15, 0.2) is 54.4 Å². The maximum atomic E-state index is 12.0. The Morgan fingerprint density at radius 2 is 2.14 bits per heavy atom. The molecule has 5 heteroatoms. The molecule has 1 N–H and O–H groups in total. The quantitative estimate of drug-likeness (QED) is 0.697. The summed E-state index contributed by atoms with van der Waals surface area (Å²) in [5.41, 5.74) is 1.50. The van der Waals surface area contributed by atoms with E-state index in [0.29, 0.717) is 17.1 Å². The van der Waals surface area contributed by atoms with Crippen molar-refractivity contribution in [2.45, 2.75) is 6.54 Å². The van der Waals surface area contributed by atoms with Gasteiger partial charge in [0, 0.05) is 24.0 Å². The summed E-state index contributed by atoms with van der Waals surface area (Å²) in [7, 11) is 0. The molecule has 0 saturated carbocycles. The molecule has 0 aliphatic carbocycles. The van der Waals surface area contributed by atoms with Crippen molar-refractivity contribution in [1.82, 2.24) is 10.3 Å². The van der Waals surface area contributed by atoms with Gasteiger partial charge in [-0.3, -0.25) is 9.78 Å². The first-order valence-corrected chi connectivity index (χ1v) is 6.62. The van der Waals surface area contributed by atoms with Crippen LogP contribution in [0.5, 0.6) is 0 Å². The van der Waals surface area contributed by atoms with E-state index in [-0.39, 0.29) is 5.57 Å². The second kappa shape index (κ2) is 7.22. The minimum atomic E-state index is -0.443. The summed E-state index contributed by atoms with van der Waals surface area (Å²) in [5, 5.41) is 12.3. The maximum absolute atomic E-state index is 12.0. The van der Waals surface area contributed by atoms with E-state index in [0.717, 1.165) is 5.56 Å². The monoisotopic (exact) mass is 297 g/mol. The van der Waals surface area contributed by atoms with Gasteiger partial charge in [-0.2, -0.15) is 5.26 Å². The summed E-state index contributed by atoms with van der Waals surface area (Å²) in [4.78, 5) is 16.0. The first-order chi connectivity index (χ1) is 10.2. The lowest BCUT2D eigenvalue weighted by atomic mass is 10.1. The number of pyridine rings is 1.